The second-order valence-corrected chi connectivity index (χ2v) is 8.89. The molecule has 1 heterocycles. The van der Waals surface area contributed by atoms with E-state index in [1.165, 1.54) is 11.8 Å². The van der Waals surface area contributed by atoms with Gasteiger partial charge in [-0.1, -0.05) is 59.8 Å². The number of para-hydroxylation sites is 2. The lowest BCUT2D eigenvalue weighted by molar-refractivity contribution is -0.113. The molecule has 1 amide bonds. The summed E-state index contributed by atoms with van der Waals surface area (Å²) in [5, 5.41) is 16.0. The van der Waals surface area contributed by atoms with Gasteiger partial charge < -0.3 is 15.4 Å². The molecule has 0 radical (unpaired) electrons. The van der Waals surface area contributed by atoms with Crippen molar-refractivity contribution >= 4 is 46.6 Å². The number of hydrogen-bond donors (Lipinski definition) is 2. The van der Waals surface area contributed by atoms with E-state index in [1.807, 2.05) is 59.2 Å². The van der Waals surface area contributed by atoms with Crippen LogP contribution in [0.5, 0.6) is 0 Å². The summed E-state index contributed by atoms with van der Waals surface area (Å²) < 4.78 is 6.93. The van der Waals surface area contributed by atoms with Crippen LogP contribution in [0.4, 0.5) is 11.4 Å². The summed E-state index contributed by atoms with van der Waals surface area (Å²) in [6, 6.07) is 23.8. The van der Waals surface area contributed by atoms with Gasteiger partial charge in [0.1, 0.15) is 0 Å². The minimum atomic E-state index is -0.433. The molecule has 0 aliphatic heterocycles. The van der Waals surface area contributed by atoms with E-state index < -0.39 is 5.97 Å². The van der Waals surface area contributed by atoms with Crippen molar-refractivity contribution in [3.05, 3.63) is 95.3 Å². The van der Waals surface area contributed by atoms with Crippen LogP contribution in [0.2, 0.25) is 5.02 Å². The number of nitrogens with one attached hydrogen (secondary N) is 2. The monoisotopic (exact) mass is 521 g/mol. The summed E-state index contributed by atoms with van der Waals surface area (Å²) in [4.78, 5) is 24.6. The number of amides is 1. The van der Waals surface area contributed by atoms with Gasteiger partial charge in [-0.25, -0.2) is 4.79 Å². The van der Waals surface area contributed by atoms with Gasteiger partial charge in [0.25, 0.3) is 0 Å². The fourth-order valence-electron chi connectivity index (χ4n) is 3.39. The Kier molecular flexibility index (Phi) is 8.59. The zero-order valence-electron chi connectivity index (χ0n) is 19.5. The lowest BCUT2D eigenvalue weighted by atomic mass is 10.2. The lowest BCUT2D eigenvalue weighted by Crippen LogP contribution is -2.15. The van der Waals surface area contributed by atoms with Crippen LogP contribution in [0.1, 0.15) is 23.1 Å². The number of benzene rings is 3. The molecule has 0 saturated carbocycles. The van der Waals surface area contributed by atoms with E-state index in [0.717, 1.165) is 11.4 Å². The molecule has 2 N–H and O–H groups in total. The highest BCUT2D eigenvalue weighted by Crippen LogP contribution is 2.25. The highest BCUT2D eigenvalue weighted by atomic mass is 35.5. The van der Waals surface area contributed by atoms with E-state index in [2.05, 4.69) is 20.8 Å². The summed E-state index contributed by atoms with van der Waals surface area (Å²) in [6.45, 7) is 2.41. The molecule has 0 saturated heterocycles. The van der Waals surface area contributed by atoms with Crippen LogP contribution in [-0.4, -0.2) is 39.0 Å². The predicted octanol–water partition coefficient (Wildman–Crippen LogP) is 5.44. The number of esters is 1. The molecular weight excluding hydrogens is 498 g/mol. The normalized spacial score (nSPS) is 10.6. The third-order valence-electron chi connectivity index (χ3n) is 5.02. The smallest absolute Gasteiger partial charge is 0.338 e. The van der Waals surface area contributed by atoms with Gasteiger partial charge in [0.15, 0.2) is 11.0 Å². The molecular formula is C26H24ClN5O3S. The molecule has 0 fully saturated rings. The Hall–Kier alpha value is -3.82. The SMILES string of the molecule is CCOC(=O)c1cccc(NC(=O)CSc2nnc(CNc3ccccc3Cl)n2-c2ccccc2)c1. The molecule has 0 spiro atoms. The van der Waals surface area contributed by atoms with Crippen molar-refractivity contribution in [3.63, 3.8) is 0 Å². The van der Waals surface area contributed by atoms with E-state index in [-0.39, 0.29) is 18.3 Å². The third kappa shape index (κ3) is 6.44. The molecule has 1 aromatic heterocycles. The molecule has 0 aliphatic rings. The molecule has 10 heteroatoms. The van der Waals surface area contributed by atoms with E-state index >= 15 is 0 Å². The number of carbonyl (C=O) groups is 2. The van der Waals surface area contributed by atoms with Crippen molar-refractivity contribution in [2.24, 2.45) is 0 Å². The third-order valence-corrected chi connectivity index (χ3v) is 6.27. The highest BCUT2D eigenvalue weighted by molar-refractivity contribution is 7.99. The zero-order chi connectivity index (χ0) is 25.3. The van der Waals surface area contributed by atoms with Crippen LogP contribution >= 0.6 is 23.4 Å². The Morgan fingerprint density at radius 2 is 1.78 bits per heavy atom. The number of aromatic nitrogens is 3. The highest BCUT2D eigenvalue weighted by Gasteiger charge is 2.16. The number of hydrogen-bond acceptors (Lipinski definition) is 7. The standard InChI is InChI=1S/C26H24ClN5O3S/c1-2-35-25(34)18-9-8-10-19(15-18)29-24(33)17-36-26-31-30-23(32(26)20-11-4-3-5-12-20)16-28-22-14-7-6-13-21(22)27/h3-15,28H,2,16-17H2,1H3,(H,29,33). The molecule has 0 aliphatic carbocycles. The first-order chi connectivity index (χ1) is 17.5. The minimum Gasteiger partial charge on any atom is -0.462 e. The molecule has 36 heavy (non-hydrogen) atoms. The first-order valence-corrected chi connectivity index (χ1v) is 12.6. The quantitative estimate of drug-likeness (QED) is 0.212. The number of nitrogens with zero attached hydrogens (tertiary/aromatic N) is 3. The van der Waals surface area contributed by atoms with Crippen LogP contribution in [0.25, 0.3) is 5.69 Å². The summed E-state index contributed by atoms with van der Waals surface area (Å²) in [5.41, 5.74) is 2.56. The summed E-state index contributed by atoms with van der Waals surface area (Å²) in [6.07, 6.45) is 0. The number of halogens is 1. The van der Waals surface area contributed by atoms with Crippen molar-refractivity contribution in [2.45, 2.75) is 18.6 Å². The van der Waals surface area contributed by atoms with Crippen molar-refractivity contribution in [1.82, 2.24) is 14.8 Å². The van der Waals surface area contributed by atoms with Gasteiger partial charge >= 0.3 is 5.97 Å². The van der Waals surface area contributed by atoms with Crippen LogP contribution in [0.15, 0.2) is 84.0 Å². The Bertz CT molecular complexity index is 1350. The Balaban J connectivity index is 1.46. The first kappa shape index (κ1) is 25.3. The van der Waals surface area contributed by atoms with Crippen molar-refractivity contribution in [1.29, 1.82) is 0 Å². The molecule has 0 atom stereocenters. The van der Waals surface area contributed by atoms with Gasteiger partial charge in [0.2, 0.25) is 5.91 Å². The lowest BCUT2D eigenvalue weighted by Gasteiger charge is -2.12. The largest absolute Gasteiger partial charge is 0.462 e. The van der Waals surface area contributed by atoms with Gasteiger partial charge in [-0.2, -0.15) is 0 Å². The summed E-state index contributed by atoms with van der Waals surface area (Å²) >= 11 is 7.53. The summed E-state index contributed by atoms with van der Waals surface area (Å²) in [5.74, 6) is 0.106. The average molecular weight is 522 g/mol. The number of thioether (sulfide) groups is 1. The summed E-state index contributed by atoms with van der Waals surface area (Å²) in [7, 11) is 0. The van der Waals surface area contributed by atoms with Crippen LogP contribution in [0.3, 0.4) is 0 Å². The number of ether oxygens (including phenoxy) is 1. The number of carbonyl (C=O) groups excluding carboxylic acids is 2. The van der Waals surface area contributed by atoms with Crippen LogP contribution < -0.4 is 10.6 Å². The topological polar surface area (TPSA) is 98.1 Å². The fourth-order valence-corrected chi connectivity index (χ4v) is 4.36. The second kappa shape index (κ2) is 12.2. The van der Waals surface area contributed by atoms with Gasteiger partial charge in [-0.15, -0.1) is 10.2 Å². The molecule has 184 valence electrons. The van der Waals surface area contributed by atoms with Crippen LogP contribution in [-0.2, 0) is 16.1 Å². The molecule has 0 unspecified atom stereocenters. The molecule has 4 aromatic rings. The van der Waals surface area contributed by atoms with Crippen molar-refractivity contribution in [2.75, 3.05) is 23.0 Å². The van der Waals surface area contributed by atoms with Gasteiger partial charge in [-0.05, 0) is 49.4 Å². The maximum absolute atomic E-state index is 12.7. The number of rotatable bonds is 10. The molecule has 4 rings (SSSR count). The number of anilines is 2. The maximum atomic E-state index is 12.7. The van der Waals surface area contributed by atoms with E-state index in [9.17, 15) is 9.59 Å². The minimum absolute atomic E-state index is 0.104. The average Bonchev–Trinajstić information content (AvgIpc) is 3.30. The predicted molar refractivity (Wildman–Crippen MR) is 142 cm³/mol. The first-order valence-electron chi connectivity index (χ1n) is 11.2. The molecule has 8 nitrogen and oxygen atoms in total. The molecule has 0 bridgehead atoms. The van der Waals surface area contributed by atoms with Gasteiger partial charge in [-0.3, -0.25) is 9.36 Å². The van der Waals surface area contributed by atoms with E-state index in [1.54, 1.807) is 31.2 Å². The van der Waals surface area contributed by atoms with Gasteiger partial charge in [0.05, 0.1) is 35.2 Å². The van der Waals surface area contributed by atoms with Gasteiger partial charge in [0, 0.05) is 11.4 Å². The van der Waals surface area contributed by atoms with E-state index in [0.29, 0.717) is 33.8 Å². The fraction of sp³-hybridized carbons (Fsp3) is 0.154. The van der Waals surface area contributed by atoms with E-state index in [4.69, 9.17) is 16.3 Å². The molecule has 3 aromatic carbocycles. The second-order valence-electron chi connectivity index (χ2n) is 7.54. The zero-order valence-corrected chi connectivity index (χ0v) is 21.1. The van der Waals surface area contributed by atoms with Crippen LogP contribution in [0, 0.1) is 0 Å². The Morgan fingerprint density at radius 1 is 1.00 bits per heavy atom. The van der Waals surface area contributed by atoms with Crippen molar-refractivity contribution < 1.29 is 14.3 Å². The van der Waals surface area contributed by atoms with Crippen molar-refractivity contribution in [3.8, 4) is 5.69 Å². The Labute approximate surface area is 218 Å². The Morgan fingerprint density at radius 3 is 2.56 bits per heavy atom. The maximum Gasteiger partial charge on any atom is 0.338 e.